The second kappa shape index (κ2) is 6.82. The lowest BCUT2D eigenvalue weighted by molar-refractivity contribution is -0.130. The Hall–Kier alpha value is -1.73. The van der Waals surface area contributed by atoms with E-state index in [4.69, 9.17) is 0 Å². The average molecular weight is 308 g/mol. The summed E-state index contributed by atoms with van der Waals surface area (Å²) in [5, 5.41) is 5.04. The van der Waals surface area contributed by atoms with Gasteiger partial charge in [0.05, 0.1) is 12.1 Å². The Morgan fingerprint density at radius 1 is 1.57 bits per heavy atom. The van der Waals surface area contributed by atoms with Gasteiger partial charge in [-0.2, -0.15) is 0 Å². The van der Waals surface area contributed by atoms with E-state index in [2.05, 4.69) is 15.3 Å². The molecule has 1 unspecified atom stereocenters. The number of carbonyl (C=O) groups excluding carboxylic acids is 1. The number of aromatic nitrogens is 2. The molecule has 0 saturated carbocycles. The minimum atomic E-state index is -0.146. The summed E-state index contributed by atoms with van der Waals surface area (Å²) in [6.45, 7) is 5.13. The number of hydrogen-bond donors (Lipinski definition) is 2. The molecule has 0 aliphatic rings. The van der Waals surface area contributed by atoms with Gasteiger partial charge in [-0.25, -0.2) is 4.98 Å². The maximum absolute atomic E-state index is 12.1. The summed E-state index contributed by atoms with van der Waals surface area (Å²) in [4.78, 5) is 32.7. The number of hydrogen-bond acceptors (Lipinski definition) is 5. The summed E-state index contributed by atoms with van der Waals surface area (Å²) >= 11 is 1.37. The smallest absolute Gasteiger partial charge is 0.268 e. The summed E-state index contributed by atoms with van der Waals surface area (Å²) < 4.78 is 0.619. The van der Waals surface area contributed by atoms with Crippen molar-refractivity contribution in [3.8, 4) is 0 Å². The van der Waals surface area contributed by atoms with Gasteiger partial charge in [0.1, 0.15) is 10.5 Å². The quantitative estimate of drug-likeness (QED) is 0.844. The summed E-state index contributed by atoms with van der Waals surface area (Å²) in [7, 11) is 1.72. The predicted octanol–water partition coefficient (Wildman–Crippen LogP) is 1.33. The van der Waals surface area contributed by atoms with Crippen LogP contribution in [-0.2, 0) is 11.3 Å². The number of nitrogens with one attached hydrogen (secondary N) is 2. The first-order valence-corrected chi connectivity index (χ1v) is 7.83. The van der Waals surface area contributed by atoms with E-state index in [0.29, 0.717) is 29.0 Å². The third-order valence-electron chi connectivity index (χ3n) is 3.21. The minimum Gasteiger partial charge on any atom is -0.338 e. The van der Waals surface area contributed by atoms with Crippen LogP contribution in [0.1, 0.15) is 26.1 Å². The van der Waals surface area contributed by atoms with Crippen molar-refractivity contribution in [3.05, 3.63) is 27.6 Å². The second-order valence-electron chi connectivity index (χ2n) is 5.06. The maximum Gasteiger partial charge on any atom is 0.268 e. The highest BCUT2D eigenvalue weighted by molar-refractivity contribution is 7.17. The SMILES string of the molecule is CCNC(C)CC(=O)N(C)Cc1nc2ccsc2c(=O)[nH]1. The topological polar surface area (TPSA) is 78.1 Å². The van der Waals surface area contributed by atoms with Crippen molar-refractivity contribution in [2.24, 2.45) is 0 Å². The standard InChI is InChI=1S/C14H20N4O2S/c1-4-15-9(2)7-12(19)18(3)8-11-16-10-5-6-21-13(10)14(20)17-11/h5-6,9,15H,4,7-8H2,1-3H3,(H,16,17,20). The predicted molar refractivity (Wildman–Crippen MR) is 84.5 cm³/mol. The lowest BCUT2D eigenvalue weighted by Gasteiger charge is -2.19. The van der Waals surface area contributed by atoms with Gasteiger partial charge in [0, 0.05) is 19.5 Å². The number of rotatable bonds is 6. The molecule has 1 atom stereocenters. The van der Waals surface area contributed by atoms with E-state index in [-0.39, 0.29) is 17.5 Å². The molecule has 114 valence electrons. The van der Waals surface area contributed by atoms with Gasteiger partial charge in [0.2, 0.25) is 5.91 Å². The van der Waals surface area contributed by atoms with E-state index < -0.39 is 0 Å². The number of amides is 1. The maximum atomic E-state index is 12.1. The number of thiophene rings is 1. The van der Waals surface area contributed by atoms with Crippen molar-refractivity contribution in [3.63, 3.8) is 0 Å². The number of H-pyrrole nitrogens is 1. The van der Waals surface area contributed by atoms with E-state index in [1.807, 2.05) is 25.3 Å². The van der Waals surface area contributed by atoms with Gasteiger partial charge in [-0.3, -0.25) is 9.59 Å². The zero-order valence-corrected chi connectivity index (χ0v) is 13.3. The third kappa shape index (κ3) is 3.89. The fraction of sp³-hybridized carbons (Fsp3) is 0.500. The fourth-order valence-corrected chi connectivity index (χ4v) is 2.87. The van der Waals surface area contributed by atoms with Gasteiger partial charge in [0.25, 0.3) is 5.56 Å². The molecule has 0 radical (unpaired) electrons. The van der Waals surface area contributed by atoms with Crippen molar-refractivity contribution >= 4 is 27.5 Å². The van der Waals surface area contributed by atoms with Crippen LogP contribution in [0.25, 0.3) is 10.2 Å². The number of fused-ring (bicyclic) bond motifs is 1. The van der Waals surface area contributed by atoms with E-state index >= 15 is 0 Å². The summed E-state index contributed by atoms with van der Waals surface area (Å²) in [6, 6.07) is 1.95. The molecule has 2 heterocycles. The average Bonchev–Trinajstić information content (AvgIpc) is 2.87. The molecule has 0 aliphatic carbocycles. The fourth-order valence-electron chi connectivity index (χ4n) is 2.15. The molecular weight excluding hydrogens is 288 g/mol. The molecular formula is C14H20N4O2S. The van der Waals surface area contributed by atoms with Crippen LogP contribution in [0.3, 0.4) is 0 Å². The van der Waals surface area contributed by atoms with Crippen molar-refractivity contribution in [1.82, 2.24) is 20.2 Å². The molecule has 2 aromatic heterocycles. The van der Waals surface area contributed by atoms with Crippen LogP contribution < -0.4 is 10.9 Å². The first-order valence-electron chi connectivity index (χ1n) is 6.95. The zero-order chi connectivity index (χ0) is 15.4. The molecule has 0 aromatic carbocycles. The van der Waals surface area contributed by atoms with Gasteiger partial charge in [-0.15, -0.1) is 11.3 Å². The molecule has 2 N–H and O–H groups in total. The van der Waals surface area contributed by atoms with Gasteiger partial charge < -0.3 is 15.2 Å². The van der Waals surface area contributed by atoms with E-state index in [1.165, 1.54) is 11.3 Å². The molecule has 21 heavy (non-hydrogen) atoms. The number of aromatic amines is 1. The van der Waals surface area contributed by atoms with Crippen molar-refractivity contribution in [2.45, 2.75) is 32.9 Å². The number of carbonyl (C=O) groups is 1. The number of nitrogens with zero attached hydrogens (tertiary/aromatic N) is 2. The molecule has 0 bridgehead atoms. The van der Waals surface area contributed by atoms with Gasteiger partial charge in [0.15, 0.2) is 0 Å². The molecule has 0 saturated heterocycles. The molecule has 2 aromatic rings. The highest BCUT2D eigenvalue weighted by Crippen LogP contribution is 2.14. The first-order chi connectivity index (χ1) is 10.0. The van der Waals surface area contributed by atoms with E-state index in [0.717, 1.165) is 6.54 Å². The normalized spacial score (nSPS) is 12.5. The van der Waals surface area contributed by atoms with Crippen molar-refractivity contribution in [2.75, 3.05) is 13.6 Å². The van der Waals surface area contributed by atoms with Gasteiger partial charge >= 0.3 is 0 Å². The first kappa shape index (κ1) is 15.7. The van der Waals surface area contributed by atoms with Crippen LogP contribution in [0, 0.1) is 0 Å². The Kier molecular flexibility index (Phi) is 5.08. The Morgan fingerprint density at radius 3 is 3.05 bits per heavy atom. The van der Waals surface area contributed by atoms with Crippen LogP contribution in [-0.4, -0.2) is 40.4 Å². The molecule has 2 rings (SSSR count). The van der Waals surface area contributed by atoms with Gasteiger partial charge in [-0.1, -0.05) is 6.92 Å². The Labute approximate surface area is 127 Å². The Morgan fingerprint density at radius 2 is 2.33 bits per heavy atom. The monoisotopic (exact) mass is 308 g/mol. The summed E-state index contributed by atoms with van der Waals surface area (Å²) in [5.74, 6) is 0.536. The van der Waals surface area contributed by atoms with Crippen LogP contribution in [0.5, 0.6) is 0 Å². The van der Waals surface area contributed by atoms with E-state index in [1.54, 1.807) is 11.9 Å². The molecule has 0 spiro atoms. The third-order valence-corrected chi connectivity index (χ3v) is 4.11. The molecule has 0 fully saturated rings. The second-order valence-corrected chi connectivity index (χ2v) is 5.98. The van der Waals surface area contributed by atoms with Crippen LogP contribution >= 0.6 is 11.3 Å². The Balaban J connectivity index is 2.05. The summed E-state index contributed by atoms with van der Waals surface area (Å²) in [5.41, 5.74) is 0.535. The zero-order valence-electron chi connectivity index (χ0n) is 12.5. The van der Waals surface area contributed by atoms with Gasteiger partial charge in [-0.05, 0) is 24.9 Å². The highest BCUT2D eigenvalue weighted by Gasteiger charge is 2.14. The lowest BCUT2D eigenvalue weighted by Crippen LogP contribution is -2.35. The van der Waals surface area contributed by atoms with E-state index in [9.17, 15) is 9.59 Å². The van der Waals surface area contributed by atoms with Crippen LogP contribution in [0.15, 0.2) is 16.2 Å². The largest absolute Gasteiger partial charge is 0.338 e. The minimum absolute atomic E-state index is 0.0246. The molecule has 7 heteroatoms. The Bertz CT molecular complexity index is 679. The van der Waals surface area contributed by atoms with Crippen molar-refractivity contribution < 1.29 is 4.79 Å². The molecule has 6 nitrogen and oxygen atoms in total. The summed E-state index contributed by atoms with van der Waals surface area (Å²) in [6.07, 6.45) is 0.426. The molecule has 0 aliphatic heterocycles. The van der Waals surface area contributed by atoms with Crippen LogP contribution in [0.4, 0.5) is 0 Å². The highest BCUT2D eigenvalue weighted by atomic mass is 32.1. The molecule has 1 amide bonds. The van der Waals surface area contributed by atoms with Crippen LogP contribution in [0.2, 0.25) is 0 Å². The lowest BCUT2D eigenvalue weighted by atomic mass is 10.2. The van der Waals surface area contributed by atoms with Crippen molar-refractivity contribution in [1.29, 1.82) is 0 Å².